The molecule has 1 atom stereocenters. The first-order chi connectivity index (χ1) is 11.2. The fourth-order valence-electron chi connectivity index (χ4n) is 2.23. The number of anilines is 1. The molecule has 1 aliphatic rings. The maximum Gasteiger partial charge on any atom is 0.321 e. The number of ether oxygens (including phenoxy) is 2. The molecule has 2 aromatic rings. The Bertz CT molecular complexity index is 672. The molecule has 3 rings (SSSR count). The summed E-state index contributed by atoms with van der Waals surface area (Å²) in [5, 5.41) is 6.01. The van der Waals surface area contributed by atoms with E-state index in [0.29, 0.717) is 18.9 Å². The molecule has 0 spiro atoms. The van der Waals surface area contributed by atoms with Crippen LogP contribution < -0.4 is 15.4 Å². The van der Waals surface area contributed by atoms with Crippen molar-refractivity contribution < 1.29 is 14.3 Å². The van der Waals surface area contributed by atoms with Crippen LogP contribution in [0.1, 0.15) is 5.56 Å². The van der Waals surface area contributed by atoms with E-state index in [2.05, 4.69) is 20.6 Å². The van der Waals surface area contributed by atoms with Gasteiger partial charge in [-0.2, -0.15) is 0 Å². The number of hydrogen-bond acceptors (Lipinski definition) is 6. The lowest BCUT2D eigenvalue weighted by Crippen LogP contribution is -2.45. The molecule has 0 saturated carbocycles. The molecule has 1 fully saturated rings. The van der Waals surface area contributed by atoms with Crippen LogP contribution >= 0.6 is 0 Å². The van der Waals surface area contributed by atoms with E-state index in [1.165, 1.54) is 0 Å². The highest BCUT2D eigenvalue weighted by molar-refractivity contribution is 5.95. The third-order valence-electron chi connectivity index (χ3n) is 3.43. The number of carbonyl (C=O) groups is 1. The van der Waals surface area contributed by atoms with Crippen LogP contribution in [0.15, 0.2) is 36.7 Å². The van der Waals surface area contributed by atoms with E-state index >= 15 is 0 Å². The summed E-state index contributed by atoms with van der Waals surface area (Å²) in [4.78, 5) is 20.2. The smallest absolute Gasteiger partial charge is 0.321 e. The molecule has 1 unspecified atom stereocenters. The summed E-state index contributed by atoms with van der Waals surface area (Å²) in [5.74, 6) is 0.461. The minimum Gasteiger partial charge on any atom is -0.424 e. The minimum absolute atomic E-state index is 0.152. The molecular weight excluding hydrogens is 296 g/mol. The number of benzene rings is 1. The molecule has 0 bridgehead atoms. The standard InChI is InChI=1S/C16H18N4O3/c1-11-9-12(23-16-18-5-2-6-19-16)3-4-13(11)20-15(21)14-10-17-7-8-22-14/h2-6,9,14,17H,7-8,10H2,1H3,(H,20,21). The van der Waals surface area contributed by atoms with Crippen molar-refractivity contribution >= 4 is 11.6 Å². The quantitative estimate of drug-likeness (QED) is 0.889. The number of hydrogen-bond donors (Lipinski definition) is 2. The second kappa shape index (κ2) is 7.17. The average molecular weight is 314 g/mol. The van der Waals surface area contributed by atoms with Gasteiger partial charge in [-0.3, -0.25) is 4.79 Å². The largest absolute Gasteiger partial charge is 0.424 e. The maximum absolute atomic E-state index is 12.2. The van der Waals surface area contributed by atoms with Gasteiger partial charge in [0, 0.05) is 31.2 Å². The Hall–Kier alpha value is -2.51. The van der Waals surface area contributed by atoms with Gasteiger partial charge in [-0.25, -0.2) is 9.97 Å². The van der Waals surface area contributed by atoms with Gasteiger partial charge in [0.25, 0.3) is 5.91 Å². The number of carbonyl (C=O) groups excluding carboxylic acids is 1. The molecule has 2 N–H and O–H groups in total. The van der Waals surface area contributed by atoms with Gasteiger partial charge in [0.1, 0.15) is 11.9 Å². The Labute approximate surface area is 134 Å². The topological polar surface area (TPSA) is 85.4 Å². The molecule has 1 amide bonds. The van der Waals surface area contributed by atoms with Gasteiger partial charge in [0.05, 0.1) is 6.61 Å². The predicted octanol–water partition coefficient (Wildman–Crippen LogP) is 1.50. The van der Waals surface area contributed by atoms with Crippen molar-refractivity contribution in [1.29, 1.82) is 0 Å². The van der Waals surface area contributed by atoms with Crippen molar-refractivity contribution in [3.8, 4) is 11.8 Å². The lowest BCUT2D eigenvalue weighted by molar-refractivity contribution is -0.128. The molecule has 120 valence electrons. The van der Waals surface area contributed by atoms with Crippen LogP contribution in [0.5, 0.6) is 11.8 Å². The third kappa shape index (κ3) is 4.02. The maximum atomic E-state index is 12.2. The Morgan fingerprint density at radius 3 is 2.91 bits per heavy atom. The van der Waals surface area contributed by atoms with Gasteiger partial charge in [0.15, 0.2) is 0 Å². The summed E-state index contributed by atoms with van der Waals surface area (Å²) < 4.78 is 11.0. The summed E-state index contributed by atoms with van der Waals surface area (Å²) >= 11 is 0. The summed E-state index contributed by atoms with van der Waals surface area (Å²) in [6, 6.07) is 7.39. The Morgan fingerprint density at radius 2 is 2.22 bits per heavy atom. The molecule has 7 heteroatoms. The lowest BCUT2D eigenvalue weighted by atomic mass is 10.1. The molecule has 0 aliphatic carbocycles. The van der Waals surface area contributed by atoms with Crippen molar-refractivity contribution in [1.82, 2.24) is 15.3 Å². The summed E-state index contributed by atoms with van der Waals surface area (Å²) in [7, 11) is 0. The fourth-order valence-corrected chi connectivity index (χ4v) is 2.23. The number of nitrogens with one attached hydrogen (secondary N) is 2. The number of aromatic nitrogens is 2. The van der Waals surface area contributed by atoms with E-state index in [1.54, 1.807) is 30.6 Å². The van der Waals surface area contributed by atoms with Crippen molar-refractivity contribution in [2.45, 2.75) is 13.0 Å². The van der Waals surface area contributed by atoms with Crippen LogP contribution in [0.2, 0.25) is 0 Å². The molecule has 1 saturated heterocycles. The molecule has 1 aromatic carbocycles. The zero-order valence-electron chi connectivity index (χ0n) is 12.8. The van der Waals surface area contributed by atoms with Crippen LogP contribution in [-0.2, 0) is 9.53 Å². The number of amides is 1. The number of nitrogens with zero attached hydrogens (tertiary/aromatic N) is 2. The van der Waals surface area contributed by atoms with Crippen molar-refractivity contribution in [3.63, 3.8) is 0 Å². The van der Waals surface area contributed by atoms with E-state index in [0.717, 1.165) is 17.8 Å². The first-order valence-electron chi connectivity index (χ1n) is 7.41. The lowest BCUT2D eigenvalue weighted by Gasteiger charge is -2.23. The molecule has 23 heavy (non-hydrogen) atoms. The fraction of sp³-hybridized carbons (Fsp3) is 0.312. The van der Waals surface area contributed by atoms with Crippen molar-refractivity contribution in [3.05, 3.63) is 42.2 Å². The van der Waals surface area contributed by atoms with Crippen LogP contribution in [-0.4, -0.2) is 41.7 Å². The van der Waals surface area contributed by atoms with Crippen LogP contribution in [0, 0.1) is 6.92 Å². The van der Waals surface area contributed by atoms with Gasteiger partial charge in [-0.15, -0.1) is 0 Å². The monoisotopic (exact) mass is 314 g/mol. The first kappa shape index (κ1) is 15.4. The second-order valence-electron chi connectivity index (χ2n) is 5.16. The van der Waals surface area contributed by atoms with Crippen molar-refractivity contribution in [2.24, 2.45) is 0 Å². The highest BCUT2D eigenvalue weighted by Crippen LogP contribution is 2.24. The van der Waals surface area contributed by atoms with Crippen molar-refractivity contribution in [2.75, 3.05) is 25.0 Å². The van der Waals surface area contributed by atoms with E-state index in [9.17, 15) is 4.79 Å². The molecule has 0 radical (unpaired) electrons. The first-order valence-corrected chi connectivity index (χ1v) is 7.41. The number of aryl methyl sites for hydroxylation is 1. The highest BCUT2D eigenvalue weighted by Gasteiger charge is 2.22. The highest BCUT2D eigenvalue weighted by atomic mass is 16.5. The van der Waals surface area contributed by atoms with Gasteiger partial charge in [-0.1, -0.05) is 0 Å². The Morgan fingerprint density at radius 1 is 1.39 bits per heavy atom. The SMILES string of the molecule is Cc1cc(Oc2ncccn2)ccc1NC(=O)C1CNCCO1. The van der Waals surface area contributed by atoms with Gasteiger partial charge in [-0.05, 0) is 36.8 Å². The zero-order chi connectivity index (χ0) is 16.1. The van der Waals surface area contributed by atoms with Gasteiger partial charge < -0.3 is 20.1 Å². The average Bonchev–Trinajstić information content (AvgIpc) is 2.59. The molecular formula is C16H18N4O3. The third-order valence-corrected chi connectivity index (χ3v) is 3.43. The number of rotatable bonds is 4. The molecule has 7 nitrogen and oxygen atoms in total. The van der Waals surface area contributed by atoms with Crippen LogP contribution in [0.4, 0.5) is 5.69 Å². The Balaban J connectivity index is 1.66. The Kier molecular flexibility index (Phi) is 4.80. The van der Waals surface area contributed by atoms with Gasteiger partial charge >= 0.3 is 6.01 Å². The second-order valence-corrected chi connectivity index (χ2v) is 5.16. The van der Waals surface area contributed by atoms with Gasteiger partial charge in [0.2, 0.25) is 0 Å². The van der Waals surface area contributed by atoms with E-state index in [4.69, 9.17) is 9.47 Å². The zero-order valence-corrected chi connectivity index (χ0v) is 12.8. The van der Waals surface area contributed by atoms with E-state index in [-0.39, 0.29) is 11.9 Å². The number of morpholine rings is 1. The summed E-state index contributed by atoms with van der Waals surface area (Å²) in [6.45, 7) is 3.74. The molecule has 1 aliphatic heterocycles. The molecule has 2 heterocycles. The normalized spacial score (nSPS) is 17.5. The predicted molar refractivity (Wildman–Crippen MR) is 84.5 cm³/mol. The summed E-state index contributed by atoms with van der Waals surface area (Å²) in [5.41, 5.74) is 1.61. The van der Waals surface area contributed by atoms with E-state index in [1.807, 2.05) is 13.0 Å². The molecule has 1 aromatic heterocycles. The van der Waals surface area contributed by atoms with Crippen LogP contribution in [0.3, 0.4) is 0 Å². The van der Waals surface area contributed by atoms with Crippen LogP contribution in [0.25, 0.3) is 0 Å². The minimum atomic E-state index is -0.461. The van der Waals surface area contributed by atoms with E-state index < -0.39 is 6.10 Å². The summed E-state index contributed by atoms with van der Waals surface area (Å²) in [6.07, 6.45) is 2.76.